The Labute approximate surface area is 179 Å². The Bertz CT molecular complexity index is 919. The second-order valence-electron chi connectivity index (χ2n) is 8.95. The fourth-order valence-electron chi connectivity index (χ4n) is 4.89. The number of nitrogens with zero attached hydrogens (tertiary/aromatic N) is 5. The van der Waals surface area contributed by atoms with E-state index in [1.54, 1.807) is 7.05 Å². The van der Waals surface area contributed by atoms with Gasteiger partial charge in [0.25, 0.3) is 0 Å². The molecule has 30 heavy (non-hydrogen) atoms. The minimum absolute atomic E-state index is 0.272. The summed E-state index contributed by atoms with van der Waals surface area (Å²) < 4.78 is 0. The van der Waals surface area contributed by atoms with Crippen LogP contribution in [0.5, 0.6) is 0 Å². The first-order chi connectivity index (χ1) is 14.5. The number of aromatic nitrogens is 1. The Hall–Kier alpha value is -2.31. The van der Waals surface area contributed by atoms with Gasteiger partial charge in [-0.15, -0.1) is 0 Å². The van der Waals surface area contributed by atoms with Crippen LogP contribution in [0.2, 0.25) is 0 Å². The number of fused-ring (bicyclic) bond motifs is 1. The number of piperidine rings is 1. The quantitative estimate of drug-likeness (QED) is 0.731. The molecule has 1 amide bonds. The number of likely N-dealkylation sites (N-methyl/N-ethyl adjacent to an activating group) is 1. The number of hydrogen-bond donors (Lipinski definition) is 0. The van der Waals surface area contributed by atoms with E-state index < -0.39 is 0 Å². The van der Waals surface area contributed by atoms with Crippen LogP contribution in [-0.2, 0) is 4.79 Å². The molecule has 1 aromatic heterocycles. The van der Waals surface area contributed by atoms with Gasteiger partial charge in [0.1, 0.15) is 0 Å². The first-order valence-electron chi connectivity index (χ1n) is 11.0. The minimum Gasteiger partial charge on any atom is -0.341 e. The molecule has 1 aromatic carbocycles. The molecule has 3 heterocycles. The van der Waals surface area contributed by atoms with E-state index >= 15 is 0 Å². The van der Waals surface area contributed by atoms with Gasteiger partial charge in [-0.2, -0.15) is 0 Å². The van der Waals surface area contributed by atoms with E-state index in [4.69, 9.17) is 0 Å². The van der Waals surface area contributed by atoms with Crippen molar-refractivity contribution < 1.29 is 4.79 Å². The lowest BCUT2D eigenvalue weighted by Gasteiger charge is -2.39. The van der Waals surface area contributed by atoms with E-state index in [-0.39, 0.29) is 5.91 Å². The smallest absolute Gasteiger partial charge is 0.236 e. The summed E-state index contributed by atoms with van der Waals surface area (Å²) in [4.78, 5) is 28.6. The van der Waals surface area contributed by atoms with Crippen molar-refractivity contribution in [3.05, 3.63) is 41.6 Å². The molecule has 2 atom stereocenters. The molecule has 0 saturated carbocycles. The van der Waals surface area contributed by atoms with Crippen molar-refractivity contribution in [2.75, 3.05) is 59.9 Å². The van der Waals surface area contributed by atoms with Crippen molar-refractivity contribution in [3.8, 4) is 0 Å². The van der Waals surface area contributed by atoms with Gasteiger partial charge in [-0.25, -0.2) is 0 Å². The number of carbonyl (C=O) groups excluding carboxylic acids is 1. The highest BCUT2D eigenvalue weighted by Gasteiger charge is 2.31. The van der Waals surface area contributed by atoms with Gasteiger partial charge in [0, 0.05) is 75.6 Å². The second-order valence-corrected chi connectivity index (χ2v) is 8.95. The molecule has 160 valence electrons. The van der Waals surface area contributed by atoms with Gasteiger partial charge in [-0.1, -0.05) is 25.1 Å². The van der Waals surface area contributed by atoms with Crippen molar-refractivity contribution in [3.63, 3.8) is 0 Å². The zero-order valence-corrected chi connectivity index (χ0v) is 18.4. The van der Waals surface area contributed by atoms with Gasteiger partial charge in [-0.3, -0.25) is 19.7 Å². The highest BCUT2D eigenvalue weighted by Crippen LogP contribution is 2.34. The standard InChI is InChI=1S/C24H33N5O/c1-18-13-20(16-29(15-18)23(30)17-28-11-9-27(3)10-12-28)21-7-6-19(14-25-2)24-22(21)5-4-8-26-24/h4-8,14,18,20H,9-13,15-17H2,1-3H3/t18-,20+/m1/s1. The Morgan fingerprint density at radius 2 is 2.00 bits per heavy atom. The van der Waals surface area contributed by atoms with E-state index in [1.165, 1.54) is 10.9 Å². The van der Waals surface area contributed by atoms with E-state index in [1.807, 2.05) is 18.5 Å². The van der Waals surface area contributed by atoms with Crippen LogP contribution in [0.4, 0.5) is 0 Å². The summed E-state index contributed by atoms with van der Waals surface area (Å²) in [5.41, 5.74) is 3.34. The molecule has 4 rings (SSSR count). The zero-order valence-electron chi connectivity index (χ0n) is 18.4. The number of piperazine rings is 1. The molecule has 2 aliphatic heterocycles. The summed E-state index contributed by atoms with van der Waals surface area (Å²) in [5, 5.41) is 1.18. The van der Waals surface area contributed by atoms with Crippen LogP contribution in [0.3, 0.4) is 0 Å². The second kappa shape index (κ2) is 9.23. The number of hydrogen-bond acceptors (Lipinski definition) is 5. The third kappa shape index (κ3) is 4.55. The van der Waals surface area contributed by atoms with Crippen molar-refractivity contribution in [1.29, 1.82) is 0 Å². The van der Waals surface area contributed by atoms with Gasteiger partial charge >= 0.3 is 0 Å². The lowest BCUT2D eigenvalue weighted by atomic mass is 9.83. The molecule has 0 unspecified atom stereocenters. The zero-order chi connectivity index (χ0) is 21.1. The number of aliphatic imine (C=N–C) groups is 1. The Kier molecular flexibility index (Phi) is 6.44. The lowest BCUT2D eigenvalue weighted by Crippen LogP contribution is -2.51. The maximum absolute atomic E-state index is 13.1. The molecular weight excluding hydrogens is 374 g/mol. The van der Waals surface area contributed by atoms with Gasteiger partial charge in [0.05, 0.1) is 12.1 Å². The predicted molar refractivity (Wildman–Crippen MR) is 122 cm³/mol. The summed E-state index contributed by atoms with van der Waals surface area (Å²) in [6, 6.07) is 8.49. The normalized spacial score (nSPS) is 24.0. The first kappa shape index (κ1) is 20.9. The molecule has 0 aliphatic carbocycles. The summed E-state index contributed by atoms with van der Waals surface area (Å²) in [6.45, 7) is 8.50. The predicted octanol–water partition coefficient (Wildman–Crippen LogP) is 2.48. The number of likely N-dealkylation sites (tertiary alicyclic amines) is 1. The monoisotopic (exact) mass is 407 g/mol. The maximum atomic E-state index is 13.1. The van der Waals surface area contributed by atoms with Crippen LogP contribution in [0, 0.1) is 5.92 Å². The molecular formula is C24H33N5O. The van der Waals surface area contributed by atoms with Crippen molar-refractivity contribution in [1.82, 2.24) is 19.7 Å². The summed E-state index contributed by atoms with van der Waals surface area (Å²) in [7, 11) is 3.93. The van der Waals surface area contributed by atoms with Crippen LogP contribution < -0.4 is 0 Å². The van der Waals surface area contributed by atoms with Gasteiger partial charge < -0.3 is 9.80 Å². The fraction of sp³-hybridized carbons (Fsp3) is 0.542. The van der Waals surface area contributed by atoms with Gasteiger partial charge in [0.15, 0.2) is 0 Å². The summed E-state index contributed by atoms with van der Waals surface area (Å²) in [6.07, 6.45) is 4.81. The molecule has 0 N–H and O–H groups in total. The number of rotatable bonds is 4. The van der Waals surface area contributed by atoms with Crippen LogP contribution in [0.25, 0.3) is 10.9 Å². The van der Waals surface area contributed by atoms with Crippen LogP contribution in [0.15, 0.2) is 35.5 Å². The molecule has 2 fully saturated rings. The largest absolute Gasteiger partial charge is 0.341 e. The fourth-order valence-corrected chi connectivity index (χ4v) is 4.89. The maximum Gasteiger partial charge on any atom is 0.236 e. The Morgan fingerprint density at radius 1 is 1.20 bits per heavy atom. The minimum atomic E-state index is 0.272. The molecule has 0 spiro atoms. The number of benzene rings is 1. The lowest BCUT2D eigenvalue weighted by molar-refractivity contribution is -0.134. The van der Waals surface area contributed by atoms with Crippen molar-refractivity contribution >= 4 is 23.0 Å². The molecule has 6 heteroatoms. The highest BCUT2D eigenvalue weighted by molar-refractivity contribution is 5.99. The molecule has 0 radical (unpaired) electrons. The Morgan fingerprint density at radius 3 is 2.77 bits per heavy atom. The van der Waals surface area contributed by atoms with Crippen LogP contribution >= 0.6 is 0 Å². The molecule has 2 aromatic rings. The summed E-state index contributed by atoms with van der Waals surface area (Å²) >= 11 is 0. The SMILES string of the molecule is CN=Cc1ccc([C@H]2C[C@@H](C)CN(C(=O)CN3CCN(C)CC3)C2)c2cccnc12. The van der Waals surface area contributed by atoms with E-state index in [0.717, 1.165) is 56.8 Å². The Balaban J connectivity index is 1.54. The van der Waals surface area contributed by atoms with E-state index in [9.17, 15) is 4.79 Å². The van der Waals surface area contributed by atoms with E-state index in [2.05, 4.69) is 56.8 Å². The van der Waals surface area contributed by atoms with E-state index in [0.29, 0.717) is 18.4 Å². The van der Waals surface area contributed by atoms with Gasteiger partial charge in [-0.05, 0) is 31.0 Å². The van der Waals surface area contributed by atoms with Crippen molar-refractivity contribution in [2.45, 2.75) is 19.3 Å². The topological polar surface area (TPSA) is 52.0 Å². The number of pyridine rings is 1. The van der Waals surface area contributed by atoms with Crippen LogP contribution in [0.1, 0.15) is 30.4 Å². The first-order valence-corrected chi connectivity index (χ1v) is 11.0. The molecule has 2 aliphatic rings. The third-order valence-electron chi connectivity index (χ3n) is 6.51. The van der Waals surface area contributed by atoms with Crippen molar-refractivity contribution in [2.24, 2.45) is 10.9 Å². The third-order valence-corrected chi connectivity index (χ3v) is 6.51. The van der Waals surface area contributed by atoms with Crippen LogP contribution in [-0.4, -0.2) is 91.7 Å². The number of carbonyl (C=O) groups is 1. The molecule has 0 bridgehead atoms. The average molecular weight is 408 g/mol. The summed E-state index contributed by atoms with van der Waals surface area (Å²) in [5.74, 6) is 1.10. The number of amides is 1. The molecule has 2 saturated heterocycles. The average Bonchev–Trinajstić information content (AvgIpc) is 2.75. The molecule has 6 nitrogen and oxygen atoms in total. The van der Waals surface area contributed by atoms with Gasteiger partial charge in [0.2, 0.25) is 5.91 Å². The highest BCUT2D eigenvalue weighted by atomic mass is 16.2.